The molecular weight excluding hydrogens is 524 g/mol. The van der Waals surface area contributed by atoms with Crippen molar-refractivity contribution >= 4 is 83.9 Å². The van der Waals surface area contributed by atoms with Gasteiger partial charge in [0.1, 0.15) is 4.88 Å². The Morgan fingerprint density at radius 1 is 1.30 bits per heavy atom. The number of fused-ring (bicyclic) bond motifs is 1. The summed E-state index contributed by atoms with van der Waals surface area (Å²) < 4.78 is 9.25. The number of thiophene rings is 2. The maximum absolute atomic E-state index is 12.1. The Balaban J connectivity index is 1.91. The summed E-state index contributed by atoms with van der Waals surface area (Å²) in [6.07, 6.45) is 2.56. The molecule has 3 aromatic rings. The average molecular weight is 529 g/mol. The molecular formula is C12H5I2NO3S2. The number of ether oxygens (including phenoxy) is 1. The van der Waals surface area contributed by atoms with Gasteiger partial charge in [-0.25, -0.2) is 4.79 Å². The number of rotatable bonds is 2. The topological polar surface area (TPSA) is 53.2 Å². The quantitative estimate of drug-likeness (QED) is 0.218. The average Bonchev–Trinajstić information content (AvgIpc) is 2.92. The van der Waals surface area contributed by atoms with Crippen molar-refractivity contribution in [2.24, 2.45) is 0 Å². The van der Waals surface area contributed by atoms with Crippen LogP contribution in [0.5, 0.6) is 5.75 Å². The van der Waals surface area contributed by atoms with Gasteiger partial charge < -0.3 is 9.94 Å². The van der Waals surface area contributed by atoms with Crippen LogP contribution in [0.25, 0.3) is 10.1 Å². The van der Waals surface area contributed by atoms with Crippen molar-refractivity contribution in [2.45, 2.75) is 0 Å². The first-order valence-electron chi connectivity index (χ1n) is 5.33. The molecule has 20 heavy (non-hydrogen) atoms. The van der Waals surface area contributed by atoms with Gasteiger partial charge in [0.25, 0.3) is 0 Å². The molecule has 0 amide bonds. The Hall–Kier alpha value is -0.460. The monoisotopic (exact) mass is 529 g/mol. The zero-order valence-corrected chi connectivity index (χ0v) is 15.6. The van der Waals surface area contributed by atoms with Gasteiger partial charge in [0.2, 0.25) is 6.20 Å². The number of pyridine rings is 1. The van der Waals surface area contributed by atoms with Gasteiger partial charge in [0.05, 0.1) is 10.5 Å². The lowest BCUT2D eigenvalue weighted by Gasteiger charge is -2.01. The highest BCUT2D eigenvalue weighted by atomic mass is 127. The minimum atomic E-state index is -0.436. The summed E-state index contributed by atoms with van der Waals surface area (Å²) in [6.45, 7) is 0. The SMILES string of the molecule is O=C(Oc1ccc[n+]([O-])c1)c1cc2c(I)sc(I)c2s1. The Morgan fingerprint density at radius 2 is 2.10 bits per heavy atom. The zero-order chi connectivity index (χ0) is 14.3. The van der Waals surface area contributed by atoms with E-state index in [1.54, 1.807) is 17.4 Å². The maximum atomic E-state index is 12.1. The van der Waals surface area contributed by atoms with Crippen LogP contribution in [0, 0.1) is 11.0 Å². The predicted octanol–water partition coefficient (Wildman–Crippen LogP) is 4.02. The molecule has 0 spiro atoms. The number of halogens is 2. The molecule has 0 saturated heterocycles. The summed E-state index contributed by atoms with van der Waals surface area (Å²) in [5, 5.41) is 12.2. The minimum Gasteiger partial charge on any atom is -0.619 e. The van der Waals surface area contributed by atoms with Crippen molar-refractivity contribution in [3.63, 3.8) is 0 Å². The van der Waals surface area contributed by atoms with E-state index >= 15 is 0 Å². The number of nitrogens with zero attached hydrogens (tertiary/aromatic N) is 1. The number of aromatic nitrogens is 1. The van der Waals surface area contributed by atoms with Gasteiger partial charge >= 0.3 is 5.97 Å². The third-order valence-corrected chi connectivity index (χ3v) is 7.31. The fourth-order valence-electron chi connectivity index (χ4n) is 1.62. The highest BCUT2D eigenvalue weighted by Crippen LogP contribution is 2.39. The summed E-state index contributed by atoms with van der Waals surface area (Å²) >= 11 is 7.66. The minimum absolute atomic E-state index is 0.243. The van der Waals surface area contributed by atoms with Crippen molar-refractivity contribution in [1.82, 2.24) is 0 Å². The molecule has 102 valence electrons. The van der Waals surface area contributed by atoms with E-state index in [0.717, 1.165) is 13.0 Å². The summed E-state index contributed by atoms with van der Waals surface area (Å²) in [5.74, 6) is -0.193. The van der Waals surface area contributed by atoms with Gasteiger partial charge in [-0.1, -0.05) is 0 Å². The molecule has 3 aromatic heterocycles. The molecule has 0 radical (unpaired) electrons. The molecule has 0 fully saturated rings. The van der Waals surface area contributed by atoms with Crippen LogP contribution in [0.3, 0.4) is 0 Å². The Labute approximate surface area is 149 Å². The van der Waals surface area contributed by atoms with Crippen LogP contribution in [-0.2, 0) is 0 Å². The van der Waals surface area contributed by atoms with E-state index in [-0.39, 0.29) is 5.75 Å². The molecule has 0 atom stereocenters. The van der Waals surface area contributed by atoms with E-state index in [9.17, 15) is 10.0 Å². The van der Waals surface area contributed by atoms with Crippen molar-refractivity contribution in [2.75, 3.05) is 0 Å². The van der Waals surface area contributed by atoms with E-state index in [1.807, 2.05) is 6.07 Å². The summed E-state index contributed by atoms with van der Waals surface area (Å²) in [7, 11) is 0. The van der Waals surface area contributed by atoms with Gasteiger partial charge in [-0.05, 0) is 57.3 Å². The first-order valence-corrected chi connectivity index (χ1v) is 9.12. The van der Waals surface area contributed by atoms with Crippen LogP contribution < -0.4 is 9.47 Å². The number of hydrogen-bond donors (Lipinski definition) is 0. The van der Waals surface area contributed by atoms with Crippen LogP contribution in [0.1, 0.15) is 9.67 Å². The molecule has 0 aromatic carbocycles. The molecule has 3 heterocycles. The number of esters is 1. The molecule has 4 nitrogen and oxygen atoms in total. The Bertz CT molecular complexity index is 778. The van der Waals surface area contributed by atoms with Gasteiger partial charge in [-0.2, -0.15) is 4.73 Å². The third kappa shape index (κ3) is 2.78. The fourth-order valence-corrected chi connectivity index (χ4v) is 7.25. The third-order valence-electron chi connectivity index (χ3n) is 2.46. The highest BCUT2D eigenvalue weighted by Gasteiger charge is 2.18. The van der Waals surface area contributed by atoms with E-state index in [2.05, 4.69) is 45.2 Å². The molecule has 0 saturated carbocycles. The van der Waals surface area contributed by atoms with Crippen LogP contribution in [-0.4, -0.2) is 5.97 Å². The van der Waals surface area contributed by atoms with Gasteiger partial charge in [-0.3, -0.25) is 0 Å². The smallest absolute Gasteiger partial charge is 0.353 e. The summed E-state index contributed by atoms with van der Waals surface area (Å²) in [5.41, 5.74) is 0. The number of carbonyl (C=O) groups is 1. The van der Waals surface area contributed by atoms with E-state index in [0.29, 0.717) is 9.61 Å². The first-order chi connectivity index (χ1) is 9.54. The number of carbonyl (C=O) groups excluding carboxylic acids is 1. The van der Waals surface area contributed by atoms with Crippen molar-refractivity contribution in [3.05, 3.63) is 46.4 Å². The van der Waals surface area contributed by atoms with E-state index in [4.69, 9.17) is 4.74 Å². The molecule has 0 aliphatic rings. The fraction of sp³-hybridized carbons (Fsp3) is 0. The highest BCUT2D eigenvalue weighted by molar-refractivity contribution is 14.1. The normalized spacial score (nSPS) is 10.9. The van der Waals surface area contributed by atoms with Crippen LogP contribution in [0.2, 0.25) is 0 Å². The lowest BCUT2D eigenvalue weighted by molar-refractivity contribution is -0.605. The first kappa shape index (κ1) is 14.5. The van der Waals surface area contributed by atoms with Crippen molar-refractivity contribution < 1.29 is 14.3 Å². The van der Waals surface area contributed by atoms with Crippen LogP contribution >= 0.6 is 67.9 Å². The van der Waals surface area contributed by atoms with Crippen molar-refractivity contribution in [3.8, 4) is 5.75 Å². The second-order valence-corrected chi connectivity index (χ2v) is 9.49. The van der Waals surface area contributed by atoms with Crippen LogP contribution in [0.4, 0.5) is 0 Å². The molecule has 0 aliphatic carbocycles. The summed E-state index contributed by atoms with van der Waals surface area (Å²) in [6, 6.07) is 4.96. The van der Waals surface area contributed by atoms with Crippen LogP contribution in [0.15, 0.2) is 30.6 Å². The lowest BCUT2D eigenvalue weighted by Crippen LogP contribution is -2.24. The van der Waals surface area contributed by atoms with E-state index < -0.39 is 5.97 Å². The Kier molecular flexibility index (Phi) is 4.15. The molecule has 0 bridgehead atoms. The molecule has 0 N–H and O–H groups in total. The Morgan fingerprint density at radius 3 is 2.80 bits per heavy atom. The van der Waals surface area contributed by atoms with Gasteiger partial charge in [-0.15, -0.1) is 22.7 Å². The second-order valence-electron chi connectivity index (χ2n) is 3.79. The number of hydrogen-bond acceptors (Lipinski definition) is 5. The lowest BCUT2D eigenvalue weighted by atomic mass is 10.4. The predicted molar refractivity (Wildman–Crippen MR) is 95.5 cm³/mol. The van der Waals surface area contributed by atoms with Gasteiger partial charge in [0.15, 0.2) is 11.9 Å². The largest absolute Gasteiger partial charge is 0.619 e. The van der Waals surface area contributed by atoms with Gasteiger partial charge in [0, 0.05) is 11.5 Å². The molecule has 0 aliphatic heterocycles. The molecule has 3 rings (SSSR count). The second kappa shape index (κ2) is 5.73. The molecule has 0 unspecified atom stereocenters. The zero-order valence-electron chi connectivity index (χ0n) is 9.63. The molecule has 8 heteroatoms. The summed E-state index contributed by atoms with van der Waals surface area (Å²) in [4.78, 5) is 12.6. The standard InChI is InChI=1S/C12H5I2NO3S2/c13-10-7-4-8(19-9(7)11(14)20-10)12(16)18-6-2-1-3-15(17)5-6/h1-5H. The maximum Gasteiger partial charge on any atom is 0.353 e. The van der Waals surface area contributed by atoms with Crippen molar-refractivity contribution in [1.29, 1.82) is 0 Å². The van der Waals surface area contributed by atoms with E-state index in [1.165, 1.54) is 32.7 Å².